The van der Waals surface area contributed by atoms with E-state index in [4.69, 9.17) is 5.11 Å². The third-order valence-corrected chi connectivity index (χ3v) is 3.25. The number of sulfonamides is 1. The van der Waals surface area contributed by atoms with Crippen LogP contribution in [0.2, 0.25) is 0 Å². The Morgan fingerprint density at radius 2 is 2.00 bits per heavy atom. The van der Waals surface area contributed by atoms with E-state index in [2.05, 4.69) is 0 Å². The fraction of sp³-hybridized carbons (Fsp3) is 0.222. The van der Waals surface area contributed by atoms with E-state index in [0.29, 0.717) is 0 Å². The van der Waals surface area contributed by atoms with Crippen molar-refractivity contribution in [3.05, 3.63) is 39.9 Å². The van der Waals surface area contributed by atoms with Crippen molar-refractivity contribution in [3.8, 4) is 0 Å². The van der Waals surface area contributed by atoms with Crippen molar-refractivity contribution in [1.82, 2.24) is 4.72 Å². The first-order chi connectivity index (χ1) is 8.32. The maximum atomic E-state index is 11.5. The molecular weight excluding hydrogens is 264 g/mol. The monoisotopic (exact) mass is 274 g/mol. The lowest BCUT2D eigenvalue weighted by molar-refractivity contribution is -0.385. The molecule has 0 aliphatic rings. The van der Waals surface area contributed by atoms with E-state index in [1.807, 2.05) is 4.72 Å². The minimum atomic E-state index is -3.92. The lowest BCUT2D eigenvalue weighted by atomic mass is 10.2. The summed E-state index contributed by atoms with van der Waals surface area (Å²) >= 11 is 0. The van der Waals surface area contributed by atoms with Gasteiger partial charge in [-0.25, -0.2) is 13.1 Å². The Bertz CT molecular complexity index is 568. The van der Waals surface area contributed by atoms with Crippen LogP contribution in [0.5, 0.6) is 0 Å². The summed E-state index contributed by atoms with van der Waals surface area (Å²) in [6.45, 7) is -0.761. The summed E-state index contributed by atoms with van der Waals surface area (Å²) in [6, 6.07) is 5.37. The molecule has 1 aromatic carbocycles. The van der Waals surface area contributed by atoms with Crippen LogP contribution in [0.3, 0.4) is 0 Å². The van der Waals surface area contributed by atoms with Gasteiger partial charge in [-0.15, -0.1) is 0 Å². The second kappa shape index (κ2) is 5.56. The lowest BCUT2D eigenvalue weighted by Gasteiger charge is -2.05. The molecule has 0 aliphatic carbocycles. The highest BCUT2D eigenvalue weighted by Crippen LogP contribution is 2.19. The number of carboxylic acid groups (broad SMARTS) is 1. The molecule has 0 saturated heterocycles. The summed E-state index contributed by atoms with van der Waals surface area (Å²) in [4.78, 5) is 20.2. The number of hydrogen-bond donors (Lipinski definition) is 2. The summed E-state index contributed by atoms with van der Waals surface area (Å²) in [5.74, 6) is -1.97. The molecule has 0 bridgehead atoms. The van der Waals surface area contributed by atoms with Crippen LogP contribution in [0.4, 0.5) is 5.69 Å². The first-order valence-electron chi connectivity index (χ1n) is 4.73. The number of carbonyl (C=O) groups is 1. The maximum Gasteiger partial charge on any atom is 0.318 e. The molecule has 0 fully saturated rings. The quantitative estimate of drug-likeness (QED) is 0.559. The second-order valence-corrected chi connectivity index (χ2v) is 5.17. The normalized spacial score (nSPS) is 11.1. The van der Waals surface area contributed by atoms with Crippen LogP contribution in [0.25, 0.3) is 0 Å². The molecular formula is C9H10N2O6S. The summed E-state index contributed by atoms with van der Waals surface area (Å²) in [5.41, 5.74) is -0.321. The average molecular weight is 274 g/mol. The number of nitro groups is 1. The molecule has 2 N–H and O–H groups in total. The third-order valence-electron chi connectivity index (χ3n) is 1.98. The van der Waals surface area contributed by atoms with Crippen molar-refractivity contribution in [2.75, 3.05) is 6.54 Å². The van der Waals surface area contributed by atoms with Gasteiger partial charge in [-0.3, -0.25) is 14.9 Å². The van der Waals surface area contributed by atoms with Crippen molar-refractivity contribution in [2.24, 2.45) is 0 Å². The predicted octanol–water partition coefficient (Wildman–Crippen LogP) is 0.0988. The number of nitrogens with zero attached hydrogens (tertiary/aromatic N) is 1. The van der Waals surface area contributed by atoms with Gasteiger partial charge >= 0.3 is 5.97 Å². The Kier molecular flexibility index (Phi) is 4.34. The molecule has 0 aliphatic heterocycles. The average Bonchev–Trinajstić information content (AvgIpc) is 2.26. The highest BCUT2D eigenvalue weighted by Gasteiger charge is 2.19. The van der Waals surface area contributed by atoms with Gasteiger partial charge in [-0.2, -0.15) is 0 Å². The van der Waals surface area contributed by atoms with Crippen molar-refractivity contribution in [1.29, 1.82) is 0 Å². The number of hydrogen-bond acceptors (Lipinski definition) is 5. The molecule has 0 atom stereocenters. The summed E-state index contributed by atoms with van der Waals surface area (Å²) < 4.78 is 24.8. The number of nitrogens with one attached hydrogen (secondary N) is 1. The van der Waals surface area contributed by atoms with Crippen molar-refractivity contribution < 1.29 is 23.2 Å². The minimum absolute atomic E-state index is 0.000360. The number of para-hydroxylation sites is 1. The molecule has 0 aromatic heterocycles. The fourth-order valence-corrected chi connectivity index (χ4v) is 2.34. The van der Waals surface area contributed by atoms with E-state index in [9.17, 15) is 23.3 Å². The molecule has 0 radical (unpaired) electrons. The molecule has 0 spiro atoms. The zero-order chi connectivity index (χ0) is 13.8. The van der Waals surface area contributed by atoms with Gasteiger partial charge in [0.1, 0.15) is 6.54 Å². The van der Waals surface area contributed by atoms with Crippen LogP contribution in [0.15, 0.2) is 24.3 Å². The van der Waals surface area contributed by atoms with Crippen LogP contribution in [0.1, 0.15) is 5.56 Å². The lowest BCUT2D eigenvalue weighted by Crippen LogP contribution is -2.30. The Labute approximate surface area is 102 Å². The van der Waals surface area contributed by atoms with Gasteiger partial charge in [-0.05, 0) is 0 Å². The Morgan fingerprint density at radius 1 is 1.39 bits per heavy atom. The van der Waals surface area contributed by atoms with Gasteiger partial charge < -0.3 is 5.11 Å². The van der Waals surface area contributed by atoms with Crippen molar-refractivity contribution in [2.45, 2.75) is 5.75 Å². The number of nitro benzene ring substituents is 1. The number of carboxylic acids is 1. The molecule has 0 amide bonds. The van der Waals surface area contributed by atoms with E-state index in [1.165, 1.54) is 24.3 Å². The fourth-order valence-electron chi connectivity index (χ4n) is 1.24. The van der Waals surface area contributed by atoms with E-state index in [0.717, 1.165) is 0 Å². The largest absolute Gasteiger partial charge is 0.480 e. The topological polar surface area (TPSA) is 127 Å². The Hall–Kier alpha value is -2.00. The highest BCUT2D eigenvalue weighted by molar-refractivity contribution is 7.88. The van der Waals surface area contributed by atoms with Crippen LogP contribution >= 0.6 is 0 Å². The molecule has 8 nitrogen and oxygen atoms in total. The molecule has 0 saturated carbocycles. The molecule has 98 valence electrons. The van der Waals surface area contributed by atoms with Crippen LogP contribution in [0, 0.1) is 10.1 Å². The first-order valence-corrected chi connectivity index (χ1v) is 6.38. The molecule has 18 heavy (non-hydrogen) atoms. The number of rotatable bonds is 6. The van der Waals surface area contributed by atoms with E-state index in [1.54, 1.807) is 0 Å². The van der Waals surface area contributed by atoms with Crippen LogP contribution in [-0.4, -0.2) is 31.0 Å². The molecule has 1 aromatic rings. The summed E-state index contributed by atoms with van der Waals surface area (Å²) in [7, 11) is -3.92. The molecule has 9 heteroatoms. The van der Waals surface area contributed by atoms with E-state index >= 15 is 0 Å². The molecule has 0 heterocycles. The smallest absolute Gasteiger partial charge is 0.318 e. The van der Waals surface area contributed by atoms with Gasteiger partial charge in [0.2, 0.25) is 10.0 Å². The van der Waals surface area contributed by atoms with E-state index in [-0.39, 0.29) is 11.3 Å². The predicted molar refractivity (Wildman–Crippen MR) is 61.4 cm³/mol. The zero-order valence-electron chi connectivity index (χ0n) is 9.07. The van der Waals surface area contributed by atoms with Gasteiger partial charge in [0, 0.05) is 11.6 Å². The minimum Gasteiger partial charge on any atom is -0.480 e. The van der Waals surface area contributed by atoms with Gasteiger partial charge in [-0.1, -0.05) is 18.2 Å². The zero-order valence-corrected chi connectivity index (χ0v) is 9.88. The third kappa shape index (κ3) is 4.11. The van der Waals surface area contributed by atoms with Crippen molar-refractivity contribution in [3.63, 3.8) is 0 Å². The SMILES string of the molecule is O=C(O)CNS(=O)(=O)Cc1ccccc1[N+](=O)[O-]. The summed E-state index contributed by atoms with van der Waals surface area (Å²) in [5, 5.41) is 19.0. The van der Waals surface area contributed by atoms with Gasteiger partial charge in [0.05, 0.1) is 10.7 Å². The standard InChI is InChI=1S/C9H10N2O6S/c12-9(13)5-10-18(16,17)6-7-3-1-2-4-8(7)11(14)15/h1-4,10H,5-6H2,(H,12,13). The number of benzene rings is 1. The van der Waals surface area contributed by atoms with E-state index < -0.39 is 33.2 Å². The highest BCUT2D eigenvalue weighted by atomic mass is 32.2. The Balaban J connectivity index is 2.90. The van der Waals surface area contributed by atoms with Crippen LogP contribution in [-0.2, 0) is 20.6 Å². The second-order valence-electron chi connectivity index (χ2n) is 3.36. The Morgan fingerprint density at radius 3 is 2.56 bits per heavy atom. The first kappa shape index (κ1) is 14.1. The molecule has 0 unspecified atom stereocenters. The summed E-state index contributed by atoms with van der Waals surface area (Å²) in [6.07, 6.45) is 0. The van der Waals surface area contributed by atoms with Gasteiger partial charge in [0.15, 0.2) is 0 Å². The molecule has 1 rings (SSSR count). The van der Waals surface area contributed by atoms with Gasteiger partial charge in [0.25, 0.3) is 5.69 Å². The van der Waals surface area contributed by atoms with Crippen LogP contribution < -0.4 is 4.72 Å². The number of aliphatic carboxylic acids is 1. The maximum absolute atomic E-state index is 11.5. The van der Waals surface area contributed by atoms with Crippen molar-refractivity contribution >= 4 is 21.7 Å².